The van der Waals surface area contributed by atoms with Gasteiger partial charge in [0.1, 0.15) is 5.82 Å². The maximum Gasteiger partial charge on any atom is 0.257 e. The Balaban J connectivity index is 1.62. The van der Waals surface area contributed by atoms with Crippen LogP contribution in [0.15, 0.2) is 36.7 Å². The van der Waals surface area contributed by atoms with Crippen molar-refractivity contribution in [3.63, 3.8) is 0 Å². The molecule has 4 rings (SSSR count). The molecule has 1 saturated heterocycles. The number of sulfonamides is 1. The molecule has 3 aromatic rings. The van der Waals surface area contributed by atoms with Gasteiger partial charge in [-0.25, -0.2) is 12.7 Å². The number of amides is 1. The second-order valence-corrected chi connectivity index (χ2v) is 8.88. The monoisotopic (exact) mass is 400 g/mol. The van der Waals surface area contributed by atoms with Crippen molar-refractivity contribution in [2.45, 2.75) is 19.3 Å². The zero-order valence-corrected chi connectivity index (χ0v) is 16.3. The summed E-state index contributed by atoms with van der Waals surface area (Å²) in [6.07, 6.45) is 5.23. The average Bonchev–Trinajstić information content (AvgIpc) is 3.29. The maximum atomic E-state index is 12.7. The van der Waals surface area contributed by atoms with E-state index in [2.05, 4.69) is 20.5 Å². The van der Waals surface area contributed by atoms with Gasteiger partial charge < -0.3 is 5.32 Å². The molecule has 0 spiro atoms. The standard InChI is InChI=1S/C18H20N6O3S/c1-12-15(4-3-8-19-12)20-18(25)14-5-6-16-21-22-17(24(16)11-14)13-7-9-23(10-13)28(2,26)27/h3-6,8,11,13H,7,9-10H2,1-2H3,(H,20,25)/t13-/m0/s1. The van der Waals surface area contributed by atoms with Crippen molar-refractivity contribution in [1.29, 1.82) is 0 Å². The molecule has 0 aliphatic carbocycles. The fourth-order valence-corrected chi connectivity index (χ4v) is 4.26. The summed E-state index contributed by atoms with van der Waals surface area (Å²) in [5.41, 5.74) is 2.45. The van der Waals surface area contributed by atoms with E-state index in [1.807, 2.05) is 6.92 Å². The highest BCUT2D eigenvalue weighted by atomic mass is 32.2. The number of fused-ring (bicyclic) bond motifs is 1. The minimum absolute atomic E-state index is 0.0661. The van der Waals surface area contributed by atoms with Gasteiger partial charge >= 0.3 is 0 Å². The van der Waals surface area contributed by atoms with Gasteiger partial charge in [-0.2, -0.15) is 0 Å². The molecule has 1 aliphatic rings. The third-order valence-electron chi connectivity index (χ3n) is 4.93. The van der Waals surface area contributed by atoms with Gasteiger partial charge in [-0.15, -0.1) is 10.2 Å². The fraction of sp³-hybridized carbons (Fsp3) is 0.333. The molecule has 0 radical (unpaired) electrons. The number of anilines is 1. The van der Waals surface area contributed by atoms with E-state index in [0.29, 0.717) is 42.2 Å². The van der Waals surface area contributed by atoms with E-state index in [1.54, 1.807) is 41.1 Å². The first-order valence-electron chi connectivity index (χ1n) is 8.86. The molecule has 10 heteroatoms. The van der Waals surface area contributed by atoms with Crippen LogP contribution in [0.5, 0.6) is 0 Å². The number of hydrogen-bond donors (Lipinski definition) is 1. The van der Waals surface area contributed by atoms with Crippen LogP contribution in [0.3, 0.4) is 0 Å². The molecule has 0 bridgehead atoms. The predicted octanol–water partition coefficient (Wildman–Crippen LogP) is 1.43. The van der Waals surface area contributed by atoms with E-state index in [-0.39, 0.29) is 11.8 Å². The topological polar surface area (TPSA) is 110 Å². The lowest BCUT2D eigenvalue weighted by molar-refractivity contribution is 0.102. The summed E-state index contributed by atoms with van der Waals surface area (Å²) in [6.45, 7) is 2.65. The number of hydrogen-bond acceptors (Lipinski definition) is 6. The van der Waals surface area contributed by atoms with Crippen molar-refractivity contribution < 1.29 is 13.2 Å². The molecule has 1 fully saturated rings. The highest BCUT2D eigenvalue weighted by Crippen LogP contribution is 2.28. The molecule has 0 saturated carbocycles. The molecular weight excluding hydrogens is 380 g/mol. The zero-order valence-electron chi connectivity index (χ0n) is 15.5. The molecule has 4 heterocycles. The van der Waals surface area contributed by atoms with E-state index in [4.69, 9.17) is 0 Å². The number of carbonyl (C=O) groups excluding carboxylic acids is 1. The summed E-state index contributed by atoms with van der Waals surface area (Å²) in [7, 11) is -3.23. The molecule has 9 nitrogen and oxygen atoms in total. The van der Waals surface area contributed by atoms with Crippen LogP contribution in [0.2, 0.25) is 0 Å². The SMILES string of the molecule is Cc1ncccc1NC(=O)c1ccc2nnc([C@H]3CCN(S(C)(=O)=O)C3)n2c1. The summed E-state index contributed by atoms with van der Waals surface area (Å²) in [5, 5.41) is 11.3. The zero-order chi connectivity index (χ0) is 19.9. The van der Waals surface area contributed by atoms with Crippen molar-refractivity contribution >= 4 is 27.3 Å². The molecule has 146 valence electrons. The third kappa shape index (κ3) is 3.48. The maximum absolute atomic E-state index is 12.7. The number of carbonyl (C=O) groups is 1. The Kier molecular flexibility index (Phi) is 4.60. The van der Waals surface area contributed by atoms with Crippen LogP contribution in [-0.4, -0.2) is 57.6 Å². The molecular formula is C18H20N6O3S. The van der Waals surface area contributed by atoms with Gasteiger partial charge in [-0.3, -0.25) is 14.2 Å². The van der Waals surface area contributed by atoms with Crippen molar-refractivity contribution in [2.24, 2.45) is 0 Å². The van der Waals surface area contributed by atoms with Crippen LogP contribution in [0.1, 0.15) is 34.2 Å². The highest BCUT2D eigenvalue weighted by molar-refractivity contribution is 7.88. The van der Waals surface area contributed by atoms with Gasteiger partial charge in [-0.1, -0.05) is 0 Å². The lowest BCUT2D eigenvalue weighted by Crippen LogP contribution is -2.27. The molecule has 0 unspecified atom stereocenters. The number of nitrogens with one attached hydrogen (secondary N) is 1. The Hall–Kier alpha value is -2.85. The minimum Gasteiger partial charge on any atom is -0.320 e. The minimum atomic E-state index is -3.23. The van der Waals surface area contributed by atoms with Gasteiger partial charge in [0, 0.05) is 31.4 Å². The smallest absolute Gasteiger partial charge is 0.257 e. The largest absolute Gasteiger partial charge is 0.320 e. The third-order valence-corrected chi connectivity index (χ3v) is 6.20. The first-order valence-corrected chi connectivity index (χ1v) is 10.7. The second-order valence-electron chi connectivity index (χ2n) is 6.90. The number of pyridine rings is 2. The van der Waals surface area contributed by atoms with Crippen molar-refractivity contribution in [2.75, 3.05) is 24.7 Å². The molecule has 1 N–H and O–H groups in total. The highest BCUT2D eigenvalue weighted by Gasteiger charge is 2.32. The molecule has 1 atom stereocenters. The normalized spacial score (nSPS) is 17.9. The fourth-order valence-electron chi connectivity index (χ4n) is 3.37. The first-order chi connectivity index (χ1) is 13.3. The summed E-state index contributed by atoms with van der Waals surface area (Å²) >= 11 is 0. The second kappa shape index (κ2) is 6.95. The summed E-state index contributed by atoms with van der Waals surface area (Å²) in [6, 6.07) is 6.97. The summed E-state index contributed by atoms with van der Waals surface area (Å²) in [4.78, 5) is 16.8. The number of aryl methyl sites for hydroxylation is 1. The van der Waals surface area contributed by atoms with Crippen LogP contribution in [-0.2, 0) is 10.0 Å². The van der Waals surface area contributed by atoms with Crippen molar-refractivity contribution in [3.8, 4) is 0 Å². The Bertz CT molecular complexity index is 1160. The molecule has 1 aliphatic heterocycles. The molecule has 28 heavy (non-hydrogen) atoms. The van der Waals surface area contributed by atoms with Gasteiger partial charge in [0.25, 0.3) is 5.91 Å². The Morgan fingerprint density at radius 1 is 1.25 bits per heavy atom. The van der Waals surface area contributed by atoms with Crippen molar-refractivity contribution in [1.82, 2.24) is 23.9 Å². The number of aromatic nitrogens is 4. The first kappa shape index (κ1) is 18.5. The van der Waals surface area contributed by atoms with Crippen LogP contribution in [0.25, 0.3) is 5.65 Å². The van der Waals surface area contributed by atoms with E-state index in [9.17, 15) is 13.2 Å². The van der Waals surface area contributed by atoms with Gasteiger partial charge in [0.15, 0.2) is 5.65 Å². The predicted molar refractivity (Wildman–Crippen MR) is 104 cm³/mol. The lowest BCUT2D eigenvalue weighted by Gasteiger charge is -2.12. The number of nitrogens with zero attached hydrogens (tertiary/aromatic N) is 5. The average molecular weight is 400 g/mol. The van der Waals surface area contributed by atoms with E-state index < -0.39 is 10.0 Å². The van der Waals surface area contributed by atoms with Crippen LogP contribution < -0.4 is 5.32 Å². The van der Waals surface area contributed by atoms with Gasteiger partial charge in [0.2, 0.25) is 10.0 Å². The summed E-state index contributed by atoms with van der Waals surface area (Å²) in [5.74, 6) is 0.332. The Labute approximate surface area is 162 Å². The van der Waals surface area contributed by atoms with Crippen LogP contribution in [0, 0.1) is 6.92 Å². The van der Waals surface area contributed by atoms with Crippen LogP contribution in [0.4, 0.5) is 5.69 Å². The Morgan fingerprint density at radius 3 is 2.79 bits per heavy atom. The van der Waals surface area contributed by atoms with E-state index in [1.165, 1.54) is 10.6 Å². The van der Waals surface area contributed by atoms with Crippen molar-refractivity contribution in [3.05, 3.63) is 53.7 Å². The van der Waals surface area contributed by atoms with Gasteiger partial charge in [-0.05, 0) is 37.6 Å². The van der Waals surface area contributed by atoms with E-state index >= 15 is 0 Å². The molecule has 1 amide bonds. The molecule has 0 aromatic carbocycles. The lowest BCUT2D eigenvalue weighted by atomic mass is 10.1. The number of rotatable bonds is 4. The summed E-state index contributed by atoms with van der Waals surface area (Å²) < 4.78 is 26.8. The van der Waals surface area contributed by atoms with Crippen LogP contribution >= 0.6 is 0 Å². The quantitative estimate of drug-likeness (QED) is 0.710. The van der Waals surface area contributed by atoms with E-state index in [0.717, 1.165) is 5.69 Å². The molecule has 3 aromatic heterocycles. The van der Waals surface area contributed by atoms with Gasteiger partial charge in [0.05, 0.1) is 23.2 Å². The Morgan fingerprint density at radius 2 is 2.07 bits per heavy atom.